The molecule has 0 saturated heterocycles. The van der Waals surface area contributed by atoms with Crippen LogP contribution in [0.4, 0.5) is 18.9 Å². The molecule has 0 aromatic heterocycles. The van der Waals surface area contributed by atoms with Crippen molar-refractivity contribution in [3.8, 4) is 5.75 Å². The highest BCUT2D eigenvalue weighted by Gasteiger charge is 2.31. The van der Waals surface area contributed by atoms with Crippen molar-refractivity contribution >= 4 is 11.6 Å². The summed E-state index contributed by atoms with van der Waals surface area (Å²) in [6.45, 7) is 2.78. The summed E-state index contributed by atoms with van der Waals surface area (Å²) in [5, 5.41) is 2.46. The Morgan fingerprint density at radius 2 is 2.00 bits per heavy atom. The van der Waals surface area contributed by atoms with Crippen LogP contribution in [0.1, 0.15) is 12.5 Å². The number of anilines is 1. The first kappa shape index (κ1) is 12.4. The van der Waals surface area contributed by atoms with Crippen molar-refractivity contribution in [3.63, 3.8) is 0 Å². The molecular formula is C10H10F3NO2. The standard InChI is InChI=1S/C10H10F3NO2/c1-6-5-8(14-7(2)15)3-4-9(6)16-10(11,12)13/h3-5H,1-2H3,(H,14,15). The SMILES string of the molecule is CC(=O)Nc1ccc(OC(F)(F)F)c(C)c1. The van der Waals surface area contributed by atoms with Crippen molar-refractivity contribution in [1.82, 2.24) is 0 Å². The van der Waals surface area contributed by atoms with Crippen LogP contribution in [-0.4, -0.2) is 12.3 Å². The van der Waals surface area contributed by atoms with Crippen molar-refractivity contribution < 1.29 is 22.7 Å². The van der Waals surface area contributed by atoms with Gasteiger partial charge in [0.2, 0.25) is 5.91 Å². The smallest absolute Gasteiger partial charge is 0.406 e. The molecule has 0 bridgehead atoms. The lowest BCUT2D eigenvalue weighted by molar-refractivity contribution is -0.274. The summed E-state index contributed by atoms with van der Waals surface area (Å²) in [5.74, 6) is -0.564. The molecule has 0 unspecified atom stereocenters. The number of hydrogen-bond donors (Lipinski definition) is 1. The molecule has 88 valence electrons. The second kappa shape index (κ2) is 4.42. The van der Waals surface area contributed by atoms with Gasteiger partial charge < -0.3 is 10.1 Å². The number of amides is 1. The minimum atomic E-state index is -4.71. The van der Waals surface area contributed by atoms with Gasteiger partial charge in [0.15, 0.2) is 0 Å². The van der Waals surface area contributed by atoms with E-state index in [9.17, 15) is 18.0 Å². The van der Waals surface area contributed by atoms with Crippen LogP contribution in [0.2, 0.25) is 0 Å². The van der Waals surface area contributed by atoms with E-state index >= 15 is 0 Å². The van der Waals surface area contributed by atoms with Crippen molar-refractivity contribution in [2.75, 3.05) is 5.32 Å². The maximum absolute atomic E-state index is 11.9. The van der Waals surface area contributed by atoms with Gasteiger partial charge in [0.25, 0.3) is 0 Å². The maximum atomic E-state index is 11.9. The summed E-state index contributed by atoms with van der Waals surface area (Å²) in [7, 11) is 0. The summed E-state index contributed by atoms with van der Waals surface area (Å²) in [6, 6.07) is 3.91. The Bertz CT molecular complexity index is 402. The van der Waals surface area contributed by atoms with E-state index in [4.69, 9.17) is 0 Å². The third-order valence-electron chi connectivity index (χ3n) is 1.72. The number of halogens is 3. The van der Waals surface area contributed by atoms with Gasteiger partial charge in [-0.25, -0.2) is 0 Å². The molecule has 6 heteroatoms. The van der Waals surface area contributed by atoms with Crippen LogP contribution in [0.3, 0.4) is 0 Å². The van der Waals surface area contributed by atoms with Gasteiger partial charge in [0.05, 0.1) is 0 Å². The number of aryl methyl sites for hydroxylation is 1. The zero-order valence-corrected chi connectivity index (χ0v) is 8.68. The zero-order valence-electron chi connectivity index (χ0n) is 8.68. The van der Waals surface area contributed by atoms with Gasteiger partial charge in [-0.05, 0) is 30.7 Å². The molecule has 1 aromatic rings. The largest absolute Gasteiger partial charge is 0.573 e. The fourth-order valence-electron chi connectivity index (χ4n) is 1.17. The van der Waals surface area contributed by atoms with Crippen LogP contribution >= 0.6 is 0 Å². The minimum absolute atomic E-state index is 0.276. The molecule has 0 saturated carbocycles. The minimum Gasteiger partial charge on any atom is -0.406 e. The number of nitrogens with one attached hydrogen (secondary N) is 1. The van der Waals surface area contributed by atoms with Crippen molar-refractivity contribution in [1.29, 1.82) is 0 Å². The van der Waals surface area contributed by atoms with Gasteiger partial charge in [0.1, 0.15) is 5.75 Å². The number of hydrogen-bond acceptors (Lipinski definition) is 2. The molecule has 0 radical (unpaired) electrons. The van der Waals surface area contributed by atoms with E-state index in [1.807, 2.05) is 0 Å². The molecule has 0 aliphatic carbocycles. The Labute approximate surface area is 90.2 Å². The molecule has 1 N–H and O–H groups in total. The molecule has 0 aliphatic rings. The third-order valence-corrected chi connectivity index (χ3v) is 1.72. The van der Waals surface area contributed by atoms with E-state index in [0.717, 1.165) is 6.07 Å². The van der Waals surface area contributed by atoms with E-state index < -0.39 is 6.36 Å². The molecular weight excluding hydrogens is 223 g/mol. The monoisotopic (exact) mass is 233 g/mol. The highest BCUT2D eigenvalue weighted by atomic mass is 19.4. The topological polar surface area (TPSA) is 38.3 Å². The average molecular weight is 233 g/mol. The quantitative estimate of drug-likeness (QED) is 0.852. The van der Waals surface area contributed by atoms with E-state index in [0.29, 0.717) is 11.3 Å². The van der Waals surface area contributed by atoms with E-state index in [1.165, 1.54) is 26.0 Å². The lowest BCUT2D eigenvalue weighted by Gasteiger charge is -2.12. The Morgan fingerprint density at radius 3 is 2.44 bits per heavy atom. The van der Waals surface area contributed by atoms with Crippen LogP contribution in [0, 0.1) is 6.92 Å². The van der Waals surface area contributed by atoms with Crippen LogP contribution in [-0.2, 0) is 4.79 Å². The summed E-state index contributed by atoms with van der Waals surface area (Å²) < 4.78 is 39.6. The Balaban J connectivity index is 2.87. The Kier molecular flexibility index (Phi) is 3.41. The fourth-order valence-corrected chi connectivity index (χ4v) is 1.17. The molecule has 0 spiro atoms. The second-order valence-corrected chi connectivity index (χ2v) is 3.21. The molecule has 16 heavy (non-hydrogen) atoms. The van der Waals surface area contributed by atoms with Crippen molar-refractivity contribution in [2.45, 2.75) is 20.2 Å². The predicted molar refractivity (Wildman–Crippen MR) is 52.2 cm³/mol. The molecule has 0 heterocycles. The number of alkyl halides is 3. The van der Waals surface area contributed by atoms with Gasteiger partial charge in [-0.15, -0.1) is 13.2 Å². The molecule has 1 amide bonds. The fraction of sp³-hybridized carbons (Fsp3) is 0.300. The van der Waals surface area contributed by atoms with Gasteiger partial charge in [0, 0.05) is 12.6 Å². The highest BCUT2D eigenvalue weighted by molar-refractivity contribution is 5.88. The number of ether oxygens (including phenoxy) is 1. The van der Waals surface area contributed by atoms with E-state index in [-0.39, 0.29) is 11.7 Å². The van der Waals surface area contributed by atoms with Gasteiger partial charge in [-0.2, -0.15) is 0 Å². The lowest BCUT2D eigenvalue weighted by atomic mass is 10.2. The van der Waals surface area contributed by atoms with Crippen LogP contribution < -0.4 is 10.1 Å². The van der Waals surface area contributed by atoms with Gasteiger partial charge in [-0.3, -0.25) is 4.79 Å². The molecule has 0 atom stereocenters. The first-order chi connectivity index (χ1) is 7.28. The van der Waals surface area contributed by atoms with Crippen molar-refractivity contribution in [3.05, 3.63) is 23.8 Å². The highest BCUT2D eigenvalue weighted by Crippen LogP contribution is 2.27. The molecule has 0 fully saturated rings. The van der Waals surface area contributed by atoms with Gasteiger partial charge in [-0.1, -0.05) is 0 Å². The summed E-state index contributed by atoms with van der Waals surface area (Å²) in [6.07, 6.45) is -4.71. The Hall–Kier alpha value is -1.72. The lowest BCUT2D eigenvalue weighted by Crippen LogP contribution is -2.17. The summed E-state index contributed by atoms with van der Waals surface area (Å²) in [5.41, 5.74) is 0.725. The number of benzene rings is 1. The van der Waals surface area contributed by atoms with Gasteiger partial charge >= 0.3 is 6.36 Å². The number of carbonyl (C=O) groups excluding carboxylic acids is 1. The predicted octanol–water partition coefficient (Wildman–Crippen LogP) is 2.85. The zero-order chi connectivity index (χ0) is 12.3. The molecule has 3 nitrogen and oxygen atoms in total. The van der Waals surface area contributed by atoms with Crippen LogP contribution in [0.25, 0.3) is 0 Å². The van der Waals surface area contributed by atoms with E-state index in [1.54, 1.807) is 0 Å². The molecule has 1 rings (SSSR count). The number of rotatable bonds is 2. The number of carbonyl (C=O) groups is 1. The average Bonchev–Trinajstić information content (AvgIpc) is 2.06. The first-order valence-corrected chi connectivity index (χ1v) is 4.42. The second-order valence-electron chi connectivity index (χ2n) is 3.21. The summed E-state index contributed by atoms with van der Waals surface area (Å²) >= 11 is 0. The maximum Gasteiger partial charge on any atom is 0.573 e. The van der Waals surface area contributed by atoms with Crippen LogP contribution in [0.5, 0.6) is 5.75 Å². The summed E-state index contributed by atoms with van der Waals surface area (Å²) in [4.78, 5) is 10.7. The Morgan fingerprint density at radius 1 is 1.38 bits per heavy atom. The van der Waals surface area contributed by atoms with E-state index in [2.05, 4.69) is 10.1 Å². The normalized spacial score (nSPS) is 11.1. The third kappa shape index (κ3) is 3.80. The van der Waals surface area contributed by atoms with Crippen LogP contribution in [0.15, 0.2) is 18.2 Å². The first-order valence-electron chi connectivity index (χ1n) is 4.42. The van der Waals surface area contributed by atoms with Crippen molar-refractivity contribution in [2.24, 2.45) is 0 Å². The molecule has 1 aromatic carbocycles. The molecule has 0 aliphatic heterocycles.